The maximum Gasteiger partial charge on any atom is 0.224 e. The van der Waals surface area contributed by atoms with E-state index < -0.39 is 0 Å². The van der Waals surface area contributed by atoms with Gasteiger partial charge in [-0.1, -0.05) is 12.1 Å². The van der Waals surface area contributed by atoms with Crippen LogP contribution in [-0.4, -0.2) is 43.5 Å². The lowest BCUT2D eigenvalue weighted by Crippen LogP contribution is -2.43. The highest BCUT2D eigenvalue weighted by Gasteiger charge is 2.21. The first-order valence-electron chi connectivity index (χ1n) is 7.73. The van der Waals surface area contributed by atoms with Crippen molar-refractivity contribution >= 4 is 11.8 Å². The zero-order valence-corrected chi connectivity index (χ0v) is 13.3. The highest BCUT2D eigenvalue weighted by Crippen LogP contribution is 2.16. The molecule has 0 saturated carbocycles. The van der Waals surface area contributed by atoms with Gasteiger partial charge < -0.3 is 15.0 Å². The number of benzene rings is 1. The lowest BCUT2D eigenvalue weighted by Gasteiger charge is -2.32. The third-order valence-electron chi connectivity index (χ3n) is 4.05. The van der Waals surface area contributed by atoms with Crippen molar-refractivity contribution in [3.8, 4) is 5.75 Å². The van der Waals surface area contributed by atoms with Crippen LogP contribution >= 0.6 is 0 Å². The Balaban J connectivity index is 1.78. The summed E-state index contributed by atoms with van der Waals surface area (Å²) >= 11 is 0. The Hall–Kier alpha value is -2.04. The summed E-state index contributed by atoms with van der Waals surface area (Å²) in [5, 5.41) is 2.98. The minimum absolute atomic E-state index is 0.00759. The van der Waals surface area contributed by atoms with Gasteiger partial charge in [-0.3, -0.25) is 9.59 Å². The molecule has 2 amide bonds. The SMILES string of the molecule is COc1cccc(CC(=O)NC[C@@H]2CCCN(C(C)=O)C2)c1. The van der Waals surface area contributed by atoms with E-state index in [0.717, 1.165) is 37.2 Å². The normalized spacial score (nSPS) is 17.9. The van der Waals surface area contributed by atoms with Crippen molar-refractivity contribution in [3.05, 3.63) is 29.8 Å². The molecular weight excluding hydrogens is 280 g/mol. The predicted octanol–water partition coefficient (Wildman–Crippen LogP) is 1.61. The number of likely N-dealkylation sites (tertiary alicyclic amines) is 1. The molecule has 1 atom stereocenters. The summed E-state index contributed by atoms with van der Waals surface area (Å²) < 4.78 is 5.16. The van der Waals surface area contributed by atoms with E-state index in [2.05, 4.69) is 5.32 Å². The first kappa shape index (κ1) is 16.3. The second-order valence-corrected chi connectivity index (χ2v) is 5.81. The van der Waals surface area contributed by atoms with Crippen LogP contribution in [0.25, 0.3) is 0 Å². The highest BCUT2D eigenvalue weighted by atomic mass is 16.5. The van der Waals surface area contributed by atoms with Crippen molar-refractivity contribution < 1.29 is 14.3 Å². The van der Waals surface area contributed by atoms with E-state index in [0.29, 0.717) is 18.9 Å². The molecule has 0 bridgehead atoms. The van der Waals surface area contributed by atoms with Gasteiger partial charge in [0.1, 0.15) is 5.75 Å². The molecule has 0 aromatic heterocycles. The molecule has 120 valence electrons. The molecule has 0 aliphatic carbocycles. The number of carbonyl (C=O) groups is 2. The number of piperidine rings is 1. The Bertz CT molecular complexity index is 530. The summed E-state index contributed by atoms with van der Waals surface area (Å²) in [6.45, 7) is 3.81. The molecule has 1 N–H and O–H groups in total. The van der Waals surface area contributed by atoms with E-state index >= 15 is 0 Å². The fourth-order valence-electron chi connectivity index (χ4n) is 2.81. The first-order chi connectivity index (χ1) is 10.6. The summed E-state index contributed by atoms with van der Waals surface area (Å²) in [6, 6.07) is 7.53. The molecule has 2 rings (SSSR count). The number of methoxy groups -OCH3 is 1. The maximum absolute atomic E-state index is 12.0. The molecule has 22 heavy (non-hydrogen) atoms. The van der Waals surface area contributed by atoms with Crippen LogP contribution in [0.2, 0.25) is 0 Å². The van der Waals surface area contributed by atoms with Crippen molar-refractivity contribution in [2.45, 2.75) is 26.2 Å². The number of hydrogen-bond acceptors (Lipinski definition) is 3. The van der Waals surface area contributed by atoms with E-state index in [-0.39, 0.29) is 11.8 Å². The number of amides is 2. The Morgan fingerprint density at radius 3 is 2.95 bits per heavy atom. The van der Waals surface area contributed by atoms with Crippen molar-refractivity contribution in [3.63, 3.8) is 0 Å². The van der Waals surface area contributed by atoms with Crippen LogP contribution in [0.4, 0.5) is 0 Å². The third-order valence-corrected chi connectivity index (χ3v) is 4.05. The van der Waals surface area contributed by atoms with Crippen molar-refractivity contribution in [2.75, 3.05) is 26.7 Å². The first-order valence-corrected chi connectivity index (χ1v) is 7.73. The zero-order valence-electron chi connectivity index (χ0n) is 13.3. The molecule has 1 aliphatic heterocycles. The molecule has 0 spiro atoms. The van der Waals surface area contributed by atoms with Gasteiger partial charge in [0.15, 0.2) is 0 Å². The Labute approximate surface area is 131 Å². The third kappa shape index (κ3) is 4.76. The Morgan fingerprint density at radius 1 is 1.41 bits per heavy atom. The summed E-state index contributed by atoms with van der Waals surface area (Å²) in [4.78, 5) is 25.3. The van der Waals surface area contributed by atoms with E-state index in [9.17, 15) is 9.59 Å². The lowest BCUT2D eigenvalue weighted by atomic mass is 9.98. The average molecular weight is 304 g/mol. The number of nitrogens with zero attached hydrogens (tertiary/aromatic N) is 1. The number of carbonyl (C=O) groups excluding carboxylic acids is 2. The van der Waals surface area contributed by atoms with Gasteiger partial charge in [0, 0.05) is 26.6 Å². The van der Waals surface area contributed by atoms with E-state index in [1.54, 1.807) is 14.0 Å². The zero-order chi connectivity index (χ0) is 15.9. The molecule has 1 aromatic rings. The van der Waals surface area contributed by atoms with Crippen LogP contribution in [0, 0.1) is 5.92 Å². The van der Waals surface area contributed by atoms with Crippen molar-refractivity contribution in [1.29, 1.82) is 0 Å². The molecule has 1 saturated heterocycles. The van der Waals surface area contributed by atoms with Gasteiger partial charge >= 0.3 is 0 Å². The average Bonchev–Trinajstić information content (AvgIpc) is 2.53. The van der Waals surface area contributed by atoms with Crippen LogP contribution in [0.1, 0.15) is 25.3 Å². The second kappa shape index (κ2) is 7.82. The summed E-state index contributed by atoms with van der Waals surface area (Å²) in [5.41, 5.74) is 0.936. The Morgan fingerprint density at radius 2 is 2.23 bits per heavy atom. The molecule has 0 radical (unpaired) electrons. The summed E-state index contributed by atoms with van der Waals surface area (Å²) in [5.74, 6) is 1.24. The smallest absolute Gasteiger partial charge is 0.224 e. The standard InChI is InChI=1S/C17H24N2O3/c1-13(20)19-8-4-6-15(12-19)11-18-17(21)10-14-5-3-7-16(9-14)22-2/h3,5,7,9,15H,4,6,8,10-12H2,1-2H3,(H,18,21)/t15-/m0/s1. The minimum Gasteiger partial charge on any atom is -0.497 e. The molecule has 5 heteroatoms. The predicted molar refractivity (Wildman–Crippen MR) is 84.7 cm³/mol. The summed E-state index contributed by atoms with van der Waals surface area (Å²) in [7, 11) is 1.61. The van der Waals surface area contributed by atoms with Gasteiger partial charge in [-0.15, -0.1) is 0 Å². The van der Waals surface area contributed by atoms with Gasteiger partial charge in [-0.2, -0.15) is 0 Å². The minimum atomic E-state index is 0.00759. The van der Waals surface area contributed by atoms with E-state index in [1.165, 1.54) is 0 Å². The maximum atomic E-state index is 12.0. The lowest BCUT2D eigenvalue weighted by molar-refractivity contribution is -0.130. The van der Waals surface area contributed by atoms with Crippen LogP contribution in [0.15, 0.2) is 24.3 Å². The molecule has 1 fully saturated rings. The van der Waals surface area contributed by atoms with Crippen LogP contribution in [0.5, 0.6) is 5.75 Å². The van der Waals surface area contributed by atoms with Crippen LogP contribution < -0.4 is 10.1 Å². The quantitative estimate of drug-likeness (QED) is 0.899. The molecular formula is C17H24N2O3. The van der Waals surface area contributed by atoms with E-state index in [4.69, 9.17) is 4.74 Å². The molecule has 0 unspecified atom stereocenters. The van der Waals surface area contributed by atoms with Crippen molar-refractivity contribution in [1.82, 2.24) is 10.2 Å². The molecule has 1 aliphatic rings. The second-order valence-electron chi connectivity index (χ2n) is 5.81. The fourth-order valence-corrected chi connectivity index (χ4v) is 2.81. The van der Waals surface area contributed by atoms with Gasteiger partial charge in [-0.25, -0.2) is 0 Å². The Kier molecular flexibility index (Phi) is 5.81. The summed E-state index contributed by atoms with van der Waals surface area (Å²) in [6.07, 6.45) is 2.42. The van der Waals surface area contributed by atoms with Crippen LogP contribution in [0.3, 0.4) is 0 Å². The molecule has 5 nitrogen and oxygen atoms in total. The fraction of sp³-hybridized carbons (Fsp3) is 0.529. The number of rotatable bonds is 5. The van der Waals surface area contributed by atoms with Gasteiger partial charge in [0.05, 0.1) is 13.5 Å². The number of nitrogens with one attached hydrogen (secondary N) is 1. The van der Waals surface area contributed by atoms with Crippen LogP contribution in [-0.2, 0) is 16.0 Å². The van der Waals surface area contributed by atoms with Gasteiger partial charge in [0.25, 0.3) is 0 Å². The van der Waals surface area contributed by atoms with Gasteiger partial charge in [-0.05, 0) is 36.5 Å². The van der Waals surface area contributed by atoms with E-state index in [1.807, 2.05) is 29.2 Å². The molecule has 1 aromatic carbocycles. The monoisotopic (exact) mass is 304 g/mol. The van der Waals surface area contributed by atoms with Crippen molar-refractivity contribution in [2.24, 2.45) is 5.92 Å². The largest absolute Gasteiger partial charge is 0.497 e. The topological polar surface area (TPSA) is 58.6 Å². The highest BCUT2D eigenvalue weighted by molar-refractivity contribution is 5.78. The van der Waals surface area contributed by atoms with Gasteiger partial charge in [0.2, 0.25) is 11.8 Å². The molecule has 1 heterocycles. The number of ether oxygens (including phenoxy) is 1. The number of hydrogen-bond donors (Lipinski definition) is 1.